The molecule has 0 aliphatic carbocycles. The first-order chi connectivity index (χ1) is 14.5. The summed E-state index contributed by atoms with van der Waals surface area (Å²) in [7, 11) is 0. The van der Waals surface area contributed by atoms with Gasteiger partial charge in [-0.05, 0) is 49.9 Å². The lowest BCUT2D eigenvalue weighted by Gasteiger charge is -2.31. The molecule has 1 fully saturated rings. The molecule has 30 heavy (non-hydrogen) atoms. The van der Waals surface area contributed by atoms with Crippen molar-refractivity contribution < 1.29 is 14.3 Å². The molecule has 3 aromatic rings. The van der Waals surface area contributed by atoms with Crippen LogP contribution in [0.3, 0.4) is 0 Å². The van der Waals surface area contributed by atoms with Crippen molar-refractivity contribution in [1.29, 1.82) is 0 Å². The summed E-state index contributed by atoms with van der Waals surface area (Å²) in [5.41, 5.74) is 2.62. The molecular weight excluding hydrogens is 378 g/mol. The molecule has 3 heterocycles. The van der Waals surface area contributed by atoms with E-state index in [-0.39, 0.29) is 5.91 Å². The molecule has 0 saturated carbocycles. The van der Waals surface area contributed by atoms with Crippen molar-refractivity contribution in [3.63, 3.8) is 0 Å². The Morgan fingerprint density at radius 3 is 2.53 bits per heavy atom. The predicted octanol–water partition coefficient (Wildman–Crippen LogP) is 4.10. The number of amides is 1. The van der Waals surface area contributed by atoms with Crippen LogP contribution < -0.4 is 0 Å². The third-order valence-corrected chi connectivity index (χ3v) is 5.64. The molecule has 1 saturated heterocycles. The minimum absolute atomic E-state index is 0.136. The number of nitrogens with zero attached hydrogens (tertiary/aromatic N) is 3. The van der Waals surface area contributed by atoms with Crippen LogP contribution in [0.1, 0.15) is 37.0 Å². The minimum atomic E-state index is -0.831. The fraction of sp³-hybridized carbons (Fsp3) is 0.333. The van der Waals surface area contributed by atoms with Gasteiger partial charge in [-0.15, -0.1) is 0 Å². The maximum Gasteiger partial charge on any atom is 0.339 e. The van der Waals surface area contributed by atoms with Crippen molar-refractivity contribution in [3.05, 3.63) is 60.4 Å². The molecule has 0 spiro atoms. The van der Waals surface area contributed by atoms with E-state index in [9.17, 15) is 9.59 Å². The Morgan fingerprint density at radius 2 is 1.80 bits per heavy atom. The van der Waals surface area contributed by atoms with Gasteiger partial charge in [-0.1, -0.05) is 25.1 Å². The van der Waals surface area contributed by atoms with Gasteiger partial charge in [-0.3, -0.25) is 9.78 Å². The van der Waals surface area contributed by atoms with E-state index < -0.39 is 12.1 Å². The van der Waals surface area contributed by atoms with Crippen LogP contribution in [-0.4, -0.2) is 45.9 Å². The molecule has 0 N–H and O–H groups in total. The van der Waals surface area contributed by atoms with Gasteiger partial charge >= 0.3 is 5.97 Å². The molecule has 1 amide bonds. The van der Waals surface area contributed by atoms with Gasteiger partial charge in [0.05, 0.1) is 16.8 Å². The average Bonchev–Trinajstić information content (AvgIpc) is 2.78. The quantitative estimate of drug-likeness (QED) is 0.613. The normalized spacial score (nSPS) is 15.7. The second-order valence-corrected chi connectivity index (χ2v) is 7.86. The fourth-order valence-electron chi connectivity index (χ4n) is 3.78. The van der Waals surface area contributed by atoms with E-state index in [1.807, 2.05) is 36.4 Å². The van der Waals surface area contributed by atoms with Crippen LogP contribution in [0.15, 0.2) is 54.9 Å². The van der Waals surface area contributed by atoms with E-state index in [2.05, 4.69) is 16.9 Å². The van der Waals surface area contributed by atoms with Crippen LogP contribution in [0.2, 0.25) is 0 Å². The van der Waals surface area contributed by atoms with Gasteiger partial charge in [0.2, 0.25) is 0 Å². The van der Waals surface area contributed by atoms with Gasteiger partial charge in [-0.2, -0.15) is 0 Å². The Bertz CT molecular complexity index is 1060. The first-order valence-electron chi connectivity index (χ1n) is 10.3. The molecule has 6 heteroatoms. The largest absolute Gasteiger partial charge is 0.449 e. The highest BCUT2D eigenvalue weighted by Crippen LogP contribution is 2.26. The fourth-order valence-corrected chi connectivity index (χ4v) is 3.78. The van der Waals surface area contributed by atoms with Crippen LogP contribution >= 0.6 is 0 Å². The number of para-hydroxylation sites is 1. The number of aromatic nitrogens is 2. The number of ether oxygens (including phenoxy) is 1. The lowest BCUT2D eigenvalue weighted by molar-refractivity contribution is -0.141. The molecule has 2 aromatic heterocycles. The van der Waals surface area contributed by atoms with E-state index in [0.717, 1.165) is 18.4 Å². The Balaban J connectivity index is 1.60. The number of hydrogen-bond donors (Lipinski definition) is 0. The summed E-state index contributed by atoms with van der Waals surface area (Å²) in [6, 6.07) is 12.8. The number of piperidine rings is 1. The van der Waals surface area contributed by atoms with Gasteiger partial charge in [0.15, 0.2) is 6.10 Å². The van der Waals surface area contributed by atoms with Crippen molar-refractivity contribution >= 4 is 22.8 Å². The SMILES string of the molecule is CC1CCN(C(=O)C(C)OC(=O)c2cc(-c3ccncc3)nc3ccccc23)CC1. The Morgan fingerprint density at radius 1 is 1.10 bits per heavy atom. The zero-order chi connectivity index (χ0) is 21.1. The van der Waals surface area contributed by atoms with Crippen LogP contribution in [0.4, 0.5) is 0 Å². The second kappa shape index (κ2) is 8.61. The summed E-state index contributed by atoms with van der Waals surface area (Å²) < 4.78 is 5.61. The lowest BCUT2D eigenvalue weighted by Crippen LogP contribution is -2.44. The van der Waals surface area contributed by atoms with Gasteiger partial charge in [-0.25, -0.2) is 9.78 Å². The van der Waals surface area contributed by atoms with Gasteiger partial charge in [0, 0.05) is 36.4 Å². The number of carbonyl (C=O) groups excluding carboxylic acids is 2. The van der Waals surface area contributed by atoms with Crippen molar-refractivity contribution in [2.75, 3.05) is 13.1 Å². The maximum atomic E-state index is 13.1. The van der Waals surface area contributed by atoms with E-state index in [1.54, 1.807) is 30.3 Å². The monoisotopic (exact) mass is 403 g/mol. The summed E-state index contributed by atoms with van der Waals surface area (Å²) in [5.74, 6) is -0.0280. The number of hydrogen-bond acceptors (Lipinski definition) is 5. The van der Waals surface area contributed by atoms with Crippen molar-refractivity contribution in [3.8, 4) is 11.3 Å². The molecule has 1 aromatic carbocycles. The molecule has 4 rings (SSSR count). The summed E-state index contributed by atoms with van der Waals surface area (Å²) >= 11 is 0. The van der Waals surface area contributed by atoms with Gasteiger partial charge in [0.25, 0.3) is 5.91 Å². The van der Waals surface area contributed by atoms with Gasteiger partial charge < -0.3 is 9.64 Å². The molecule has 0 radical (unpaired) electrons. The number of carbonyl (C=O) groups is 2. The highest BCUT2D eigenvalue weighted by Gasteiger charge is 2.27. The number of fused-ring (bicyclic) bond motifs is 1. The summed E-state index contributed by atoms with van der Waals surface area (Å²) in [6.07, 6.45) is 4.50. The highest BCUT2D eigenvalue weighted by molar-refractivity contribution is 6.05. The highest BCUT2D eigenvalue weighted by atomic mass is 16.5. The first kappa shape index (κ1) is 20.0. The van der Waals surface area contributed by atoms with Crippen molar-refractivity contribution in [2.24, 2.45) is 5.92 Å². The van der Waals surface area contributed by atoms with E-state index >= 15 is 0 Å². The molecule has 1 aliphatic rings. The number of benzene rings is 1. The summed E-state index contributed by atoms with van der Waals surface area (Å²) in [6.45, 7) is 5.27. The van der Waals surface area contributed by atoms with Crippen LogP contribution in [-0.2, 0) is 9.53 Å². The molecule has 6 nitrogen and oxygen atoms in total. The van der Waals surface area contributed by atoms with Crippen molar-refractivity contribution in [1.82, 2.24) is 14.9 Å². The number of esters is 1. The molecule has 1 unspecified atom stereocenters. The van der Waals surface area contributed by atoms with Crippen LogP contribution in [0.5, 0.6) is 0 Å². The van der Waals surface area contributed by atoms with E-state index in [1.165, 1.54) is 0 Å². The molecular formula is C24H25N3O3. The first-order valence-corrected chi connectivity index (χ1v) is 10.3. The number of pyridine rings is 2. The summed E-state index contributed by atoms with van der Waals surface area (Å²) in [4.78, 5) is 36.3. The third-order valence-electron chi connectivity index (χ3n) is 5.64. The predicted molar refractivity (Wildman–Crippen MR) is 115 cm³/mol. The topological polar surface area (TPSA) is 72.4 Å². The zero-order valence-electron chi connectivity index (χ0n) is 17.2. The Labute approximate surface area is 175 Å². The van der Waals surface area contributed by atoms with E-state index in [4.69, 9.17) is 4.74 Å². The standard InChI is InChI=1S/C24H25N3O3/c1-16-9-13-27(14-10-16)23(28)17(2)30-24(29)20-15-22(18-7-11-25-12-8-18)26-21-6-4-3-5-19(20)21/h3-8,11-12,15-17H,9-10,13-14H2,1-2H3. The molecule has 1 aliphatic heterocycles. The van der Waals surface area contributed by atoms with Crippen molar-refractivity contribution in [2.45, 2.75) is 32.8 Å². The Hall–Kier alpha value is -3.28. The molecule has 154 valence electrons. The minimum Gasteiger partial charge on any atom is -0.449 e. The Kier molecular flexibility index (Phi) is 5.74. The number of likely N-dealkylation sites (tertiary alicyclic amines) is 1. The molecule has 0 bridgehead atoms. The number of rotatable bonds is 4. The van der Waals surface area contributed by atoms with Gasteiger partial charge in [0.1, 0.15) is 0 Å². The van der Waals surface area contributed by atoms with Crippen LogP contribution in [0, 0.1) is 5.92 Å². The molecule has 1 atom stereocenters. The van der Waals surface area contributed by atoms with Crippen LogP contribution in [0.25, 0.3) is 22.2 Å². The maximum absolute atomic E-state index is 13.1. The smallest absolute Gasteiger partial charge is 0.339 e. The third kappa shape index (κ3) is 4.17. The van der Waals surface area contributed by atoms with E-state index in [0.29, 0.717) is 41.2 Å². The lowest BCUT2D eigenvalue weighted by atomic mass is 9.99. The second-order valence-electron chi connectivity index (χ2n) is 7.86. The average molecular weight is 403 g/mol. The zero-order valence-corrected chi connectivity index (χ0v) is 17.2. The summed E-state index contributed by atoms with van der Waals surface area (Å²) in [5, 5.41) is 0.701.